The Hall–Kier alpha value is -2.07. The topological polar surface area (TPSA) is 64.1 Å². The number of anilines is 1. The van der Waals surface area contributed by atoms with Gasteiger partial charge in [-0.25, -0.2) is 4.98 Å². The van der Waals surface area contributed by atoms with Gasteiger partial charge in [-0.1, -0.05) is 18.2 Å². The first-order valence-electron chi connectivity index (χ1n) is 6.26. The maximum Gasteiger partial charge on any atom is 0.103 e. The Morgan fingerprint density at radius 1 is 1.21 bits per heavy atom. The standard InChI is InChI=1S/C15H17N3O/c1-15(2,19)14-10(16)8-12-13(17-14)9-6-4-5-7-11(9)18(12)3/h4-8,19H,16H2,1-3H3. The number of hydrogen-bond acceptors (Lipinski definition) is 3. The van der Waals surface area contributed by atoms with E-state index in [1.165, 1.54) is 0 Å². The van der Waals surface area contributed by atoms with E-state index in [9.17, 15) is 5.11 Å². The molecule has 0 radical (unpaired) electrons. The highest BCUT2D eigenvalue weighted by molar-refractivity contribution is 6.06. The van der Waals surface area contributed by atoms with Crippen LogP contribution >= 0.6 is 0 Å². The van der Waals surface area contributed by atoms with Crippen molar-refractivity contribution in [2.45, 2.75) is 19.4 Å². The molecule has 0 fully saturated rings. The van der Waals surface area contributed by atoms with Crippen LogP contribution in [0.4, 0.5) is 5.69 Å². The molecule has 4 nitrogen and oxygen atoms in total. The Morgan fingerprint density at radius 2 is 1.89 bits per heavy atom. The predicted octanol–water partition coefficient (Wildman–Crippen LogP) is 2.54. The average molecular weight is 255 g/mol. The van der Waals surface area contributed by atoms with Crippen molar-refractivity contribution < 1.29 is 5.11 Å². The van der Waals surface area contributed by atoms with Gasteiger partial charge >= 0.3 is 0 Å². The summed E-state index contributed by atoms with van der Waals surface area (Å²) >= 11 is 0. The molecule has 3 N–H and O–H groups in total. The molecule has 0 saturated heterocycles. The lowest BCUT2D eigenvalue weighted by molar-refractivity contribution is 0.0751. The van der Waals surface area contributed by atoms with Crippen LogP contribution in [0.2, 0.25) is 0 Å². The van der Waals surface area contributed by atoms with Gasteiger partial charge in [0.1, 0.15) is 5.60 Å². The Labute approximate surface area is 111 Å². The summed E-state index contributed by atoms with van der Waals surface area (Å²) in [6.45, 7) is 3.39. The third-order valence-corrected chi connectivity index (χ3v) is 3.49. The summed E-state index contributed by atoms with van der Waals surface area (Å²) < 4.78 is 2.07. The molecule has 0 aliphatic heterocycles. The lowest BCUT2D eigenvalue weighted by Gasteiger charge is -2.18. The molecule has 1 aromatic carbocycles. The summed E-state index contributed by atoms with van der Waals surface area (Å²) in [6, 6.07) is 9.96. The second kappa shape index (κ2) is 3.71. The van der Waals surface area contributed by atoms with Gasteiger partial charge in [0.05, 0.1) is 27.9 Å². The first-order valence-corrected chi connectivity index (χ1v) is 6.26. The number of para-hydroxylation sites is 1. The lowest BCUT2D eigenvalue weighted by Crippen LogP contribution is -2.19. The van der Waals surface area contributed by atoms with E-state index in [0.717, 1.165) is 21.9 Å². The molecule has 0 unspecified atom stereocenters. The van der Waals surface area contributed by atoms with Crippen molar-refractivity contribution in [3.05, 3.63) is 36.0 Å². The summed E-state index contributed by atoms with van der Waals surface area (Å²) in [7, 11) is 2.00. The van der Waals surface area contributed by atoms with Crippen molar-refractivity contribution in [1.29, 1.82) is 0 Å². The minimum absolute atomic E-state index is 0.519. The molecular weight excluding hydrogens is 238 g/mol. The van der Waals surface area contributed by atoms with Crippen LogP contribution in [0.5, 0.6) is 0 Å². The Bertz CT molecular complexity index is 781. The molecule has 3 rings (SSSR count). The molecule has 2 heterocycles. The van der Waals surface area contributed by atoms with Gasteiger partial charge < -0.3 is 15.4 Å². The van der Waals surface area contributed by atoms with Crippen molar-refractivity contribution >= 4 is 27.6 Å². The fourth-order valence-corrected chi connectivity index (χ4v) is 2.56. The number of nitrogens with zero attached hydrogens (tertiary/aromatic N) is 2. The van der Waals surface area contributed by atoms with E-state index in [-0.39, 0.29) is 0 Å². The minimum atomic E-state index is -1.05. The summed E-state index contributed by atoms with van der Waals surface area (Å²) in [4.78, 5) is 4.60. The summed E-state index contributed by atoms with van der Waals surface area (Å²) in [5.74, 6) is 0. The van der Waals surface area contributed by atoms with Gasteiger partial charge in [-0.2, -0.15) is 0 Å². The highest BCUT2D eigenvalue weighted by atomic mass is 16.3. The third kappa shape index (κ3) is 1.68. The zero-order valence-electron chi connectivity index (χ0n) is 11.3. The lowest BCUT2D eigenvalue weighted by atomic mass is 10.0. The van der Waals surface area contributed by atoms with Crippen LogP contribution in [0, 0.1) is 0 Å². The number of aromatic nitrogens is 2. The van der Waals surface area contributed by atoms with E-state index < -0.39 is 5.60 Å². The SMILES string of the molecule is Cn1c2ccccc2c2nc(C(C)(C)O)c(N)cc21. The largest absolute Gasteiger partial charge is 0.397 e. The third-order valence-electron chi connectivity index (χ3n) is 3.49. The molecule has 3 aromatic rings. The maximum absolute atomic E-state index is 10.2. The number of benzene rings is 1. The fourth-order valence-electron chi connectivity index (χ4n) is 2.56. The number of nitrogens with two attached hydrogens (primary N) is 1. The van der Waals surface area contributed by atoms with Crippen LogP contribution in [0.15, 0.2) is 30.3 Å². The second-order valence-electron chi connectivity index (χ2n) is 5.43. The van der Waals surface area contributed by atoms with Crippen molar-refractivity contribution in [3.8, 4) is 0 Å². The van der Waals surface area contributed by atoms with E-state index in [1.54, 1.807) is 13.8 Å². The first-order chi connectivity index (χ1) is 8.89. The smallest absolute Gasteiger partial charge is 0.103 e. The number of aliphatic hydroxyl groups is 1. The Morgan fingerprint density at radius 3 is 2.58 bits per heavy atom. The number of rotatable bonds is 1. The van der Waals surface area contributed by atoms with Crippen LogP contribution in [0.1, 0.15) is 19.5 Å². The normalized spacial score (nSPS) is 12.4. The quantitative estimate of drug-likeness (QED) is 0.702. The van der Waals surface area contributed by atoms with Crippen molar-refractivity contribution in [2.24, 2.45) is 7.05 Å². The molecule has 4 heteroatoms. The Balaban J connectivity index is 2.49. The van der Waals surface area contributed by atoms with Gasteiger partial charge in [0.25, 0.3) is 0 Å². The highest BCUT2D eigenvalue weighted by Crippen LogP contribution is 2.32. The summed E-state index contributed by atoms with van der Waals surface area (Å²) in [5.41, 5.74) is 8.99. The summed E-state index contributed by atoms with van der Waals surface area (Å²) in [6.07, 6.45) is 0. The average Bonchev–Trinajstić information content (AvgIpc) is 2.61. The van der Waals surface area contributed by atoms with Crippen molar-refractivity contribution in [3.63, 3.8) is 0 Å². The number of nitrogen functional groups attached to an aromatic ring is 1. The van der Waals surface area contributed by atoms with Crippen molar-refractivity contribution in [2.75, 3.05) is 5.73 Å². The van der Waals surface area contributed by atoms with Crippen LogP contribution < -0.4 is 5.73 Å². The number of hydrogen-bond donors (Lipinski definition) is 2. The zero-order valence-corrected chi connectivity index (χ0v) is 11.3. The van der Waals surface area contributed by atoms with Gasteiger partial charge in [0, 0.05) is 12.4 Å². The molecule has 0 aliphatic rings. The maximum atomic E-state index is 10.2. The Kier molecular flexibility index (Phi) is 2.34. The molecule has 98 valence electrons. The molecule has 0 saturated carbocycles. The fraction of sp³-hybridized carbons (Fsp3) is 0.267. The molecule has 0 bridgehead atoms. The van der Waals surface area contributed by atoms with Crippen molar-refractivity contribution in [1.82, 2.24) is 9.55 Å². The van der Waals surface area contributed by atoms with E-state index >= 15 is 0 Å². The predicted molar refractivity (Wildman–Crippen MR) is 77.9 cm³/mol. The van der Waals surface area contributed by atoms with Gasteiger partial charge in [0.2, 0.25) is 0 Å². The van der Waals surface area contributed by atoms with Crippen LogP contribution in [-0.2, 0) is 12.6 Å². The number of pyridine rings is 1. The number of fused-ring (bicyclic) bond motifs is 3. The first kappa shape index (κ1) is 12.0. The number of aryl methyl sites for hydroxylation is 1. The summed E-state index contributed by atoms with van der Waals surface area (Å²) in [5, 5.41) is 11.2. The minimum Gasteiger partial charge on any atom is -0.397 e. The molecule has 2 aromatic heterocycles. The van der Waals surface area contributed by atoms with Gasteiger partial charge in [-0.3, -0.25) is 0 Å². The van der Waals surface area contributed by atoms with E-state index in [4.69, 9.17) is 5.73 Å². The molecule has 0 aliphatic carbocycles. The molecule has 0 spiro atoms. The van der Waals surface area contributed by atoms with E-state index in [2.05, 4.69) is 15.6 Å². The van der Waals surface area contributed by atoms with E-state index in [1.807, 2.05) is 31.3 Å². The van der Waals surface area contributed by atoms with Gasteiger partial charge in [-0.05, 0) is 26.0 Å². The van der Waals surface area contributed by atoms with Crippen LogP contribution in [0.3, 0.4) is 0 Å². The molecular formula is C15H17N3O. The van der Waals surface area contributed by atoms with Crippen LogP contribution in [0.25, 0.3) is 21.9 Å². The van der Waals surface area contributed by atoms with E-state index in [0.29, 0.717) is 11.4 Å². The van der Waals surface area contributed by atoms with Gasteiger partial charge in [0.15, 0.2) is 0 Å². The molecule has 0 atom stereocenters. The molecule has 0 amide bonds. The monoisotopic (exact) mass is 255 g/mol. The zero-order chi connectivity index (χ0) is 13.8. The molecule has 19 heavy (non-hydrogen) atoms. The van der Waals surface area contributed by atoms with Gasteiger partial charge in [-0.15, -0.1) is 0 Å². The second-order valence-corrected chi connectivity index (χ2v) is 5.43. The highest BCUT2D eigenvalue weighted by Gasteiger charge is 2.23. The van der Waals surface area contributed by atoms with Crippen LogP contribution in [-0.4, -0.2) is 14.7 Å².